The Labute approximate surface area is 151 Å². The van der Waals surface area contributed by atoms with Crippen molar-refractivity contribution in [3.05, 3.63) is 11.6 Å². The van der Waals surface area contributed by atoms with Gasteiger partial charge in [-0.1, -0.05) is 25.8 Å². The number of hydrogen-bond acceptors (Lipinski definition) is 3. The first-order valence-corrected chi connectivity index (χ1v) is 10.2. The molecule has 0 saturated heterocycles. The normalized spacial score (nSPS) is 45.9. The van der Waals surface area contributed by atoms with Gasteiger partial charge in [0, 0.05) is 19.3 Å². The molecule has 0 radical (unpaired) electrons. The quantitative estimate of drug-likeness (QED) is 0.682. The number of ketones is 1. The van der Waals surface area contributed by atoms with Crippen molar-refractivity contribution in [3.63, 3.8) is 0 Å². The summed E-state index contributed by atoms with van der Waals surface area (Å²) in [5.74, 6) is 2.57. The summed E-state index contributed by atoms with van der Waals surface area (Å²) in [4.78, 5) is 23.5. The fraction of sp³-hybridized carbons (Fsp3) is 0.818. The second kappa shape index (κ2) is 5.96. The molecular weight excluding hydrogens is 312 g/mol. The molecule has 4 rings (SSSR count). The summed E-state index contributed by atoms with van der Waals surface area (Å²) in [6, 6.07) is 0. The summed E-state index contributed by atoms with van der Waals surface area (Å²) in [7, 11) is 0. The van der Waals surface area contributed by atoms with E-state index >= 15 is 0 Å². The Morgan fingerprint density at radius 1 is 1.20 bits per heavy atom. The second-order valence-electron chi connectivity index (χ2n) is 9.70. The van der Waals surface area contributed by atoms with Gasteiger partial charge < -0.3 is 4.74 Å². The van der Waals surface area contributed by atoms with Gasteiger partial charge in [0.1, 0.15) is 0 Å². The predicted molar refractivity (Wildman–Crippen MR) is 96.8 cm³/mol. The highest BCUT2D eigenvalue weighted by atomic mass is 16.5. The van der Waals surface area contributed by atoms with Crippen LogP contribution in [0.5, 0.6) is 0 Å². The molecule has 3 saturated carbocycles. The van der Waals surface area contributed by atoms with Gasteiger partial charge in [-0.3, -0.25) is 9.59 Å². The molecule has 3 fully saturated rings. The van der Waals surface area contributed by atoms with Crippen molar-refractivity contribution in [3.8, 4) is 0 Å². The maximum Gasteiger partial charge on any atom is 0.302 e. The van der Waals surface area contributed by atoms with E-state index in [1.54, 1.807) is 0 Å². The molecule has 6 atom stereocenters. The lowest BCUT2D eigenvalue weighted by Gasteiger charge is -2.59. The van der Waals surface area contributed by atoms with Gasteiger partial charge in [0.05, 0.1) is 6.61 Å². The van der Waals surface area contributed by atoms with E-state index in [0.717, 1.165) is 18.8 Å². The Bertz CT molecular complexity index is 621. The molecule has 0 spiro atoms. The molecule has 0 amide bonds. The molecule has 3 nitrogen and oxygen atoms in total. The van der Waals surface area contributed by atoms with E-state index in [9.17, 15) is 9.59 Å². The van der Waals surface area contributed by atoms with Crippen LogP contribution in [0.1, 0.15) is 72.1 Å². The number of hydrogen-bond donors (Lipinski definition) is 0. The smallest absolute Gasteiger partial charge is 0.302 e. The van der Waals surface area contributed by atoms with Gasteiger partial charge >= 0.3 is 5.97 Å². The van der Waals surface area contributed by atoms with Crippen molar-refractivity contribution in [1.82, 2.24) is 0 Å². The highest BCUT2D eigenvalue weighted by molar-refractivity contribution is 5.91. The van der Waals surface area contributed by atoms with Crippen LogP contribution < -0.4 is 0 Å². The van der Waals surface area contributed by atoms with Crippen LogP contribution in [-0.4, -0.2) is 18.4 Å². The van der Waals surface area contributed by atoms with Gasteiger partial charge in [0.15, 0.2) is 5.78 Å². The monoisotopic (exact) mass is 344 g/mol. The van der Waals surface area contributed by atoms with Crippen LogP contribution in [0, 0.1) is 34.5 Å². The van der Waals surface area contributed by atoms with Gasteiger partial charge in [0.25, 0.3) is 0 Å². The average Bonchev–Trinajstić information content (AvgIpc) is 2.95. The van der Waals surface area contributed by atoms with E-state index in [2.05, 4.69) is 13.8 Å². The van der Waals surface area contributed by atoms with Crippen LogP contribution in [0.2, 0.25) is 0 Å². The SMILES string of the molecule is CC(=O)OCC1CC2=CC(=O)CC[C@]2(C)[C@@H]2CC[C@]3(C)CCC[C@H]3[C@H]12. The third-order valence-corrected chi connectivity index (χ3v) is 8.42. The molecule has 0 aromatic carbocycles. The molecule has 0 aromatic rings. The number of esters is 1. The number of carbonyl (C=O) groups is 2. The van der Waals surface area contributed by atoms with Crippen LogP contribution in [0.4, 0.5) is 0 Å². The number of allylic oxidation sites excluding steroid dienone is 1. The van der Waals surface area contributed by atoms with Crippen molar-refractivity contribution >= 4 is 11.8 Å². The average molecular weight is 344 g/mol. The first kappa shape index (κ1) is 17.3. The van der Waals surface area contributed by atoms with Crippen molar-refractivity contribution < 1.29 is 14.3 Å². The molecular formula is C22H32O3. The molecule has 0 bridgehead atoms. The third-order valence-electron chi connectivity index (χ3n) is 8.42. The highest BCUT2D eigenvalue weighted by Crippen LogP contribution is 2.66. The van der Waals surface area contributed by atoms with Gasteiger partial charge in [-0.05, 0) is 73.2 Å². The molecule has 0 heterocycles. The predicted octanol–water partition coefficient (Wildman–Crippen LogP) is 4.70. The summed E-state index contributed by atoms with van der Waals surface area (Å²) < 4.78 is 5.50. The van der Waals surface area contributed by atoms with Crippen LogP contribution in [0.15, 0.2) is 11.6 Å². The Balaban J connectivity index is 1.71. The maximum absolute atomic E-state index is 12.1. The summed E-state index contributed by atoms with van der Waals surface area (Å²) in [5.41, 5.74) is 2.02. The summed E-state index contributed by atoms with van der Waals surface area (Å²) in [6.07, 6.45) is 11.3. The molecule has 0 aliphatic heterocycles. The molecule has 4 aliphatic carbocycles. The molecule has 1 unspecified atom stereocenters. The van der Waals surface area contributed by atoms with Crippen molar-refractivity contribution in [2.45, 2.75) is 72.1 Å². The molecule has 0 aromatic heterocycles. The number of rotatable bonds is 2. The largest absolute Gasteiger partial charge is 0.466 e. The van der Waals surface area contributed by atoms with Crippen LogP contribution in [0.25, 0.3) is 0 Å². The van der Waals surface area contributed by atoms with Gasteiger partial charge in [-0.15, -0.1) is 0 Å². The van der Waals surface area contributed by atoms with Gasteiger partial charge in [-0.25, -0.2) is 0 Å². The molecule has 25 heavy (non-hydrogen) atoms. The van der Waals surface area contributed by atoms with E-state index in [1.165, 1.54) is 44.6 Å². The molecule has 4 aliphatic rings. The van der Waals surface area contributed by atoms with Crippen molar-refractivity contribution in [1.29, 1.82) is 0 Å². The Kier molecular flexibility index (Phi) is 4.12. The maximum atomic E-state index is 12.1. The zero-order chi connectivity index (χ0) is 17.8. The summed E-state index contributed by atoms with van der Waals surface area (Å²) in [5, 5.41) is 0. The summed E-state index contributed by atoms with van der Waals surface area (Å²) >= 11 is 0. The Hall–Kier alpha value is -1.12. The fourth-order valence-electron chi connectivity index (χ4n) is 7.09. The standard InChI is InChI=1S/C22H32O3/c1-14(23)25-13-15-11-16-12-17(24)6-10-22(16,3)19-7-9-21(2)8-4-5-18(21)20(15)19/h12,15,18-20H,4-11,13H2,1-3H3/t15?,18-,19+,20-,21-,22-/m0/s1. The van der Waals surface area contributed by atoms with E-state index in [0.29, 0.717) is 42.0 Å². The highest BCUT2D eigenvalue weighted by Gasteiger charge is 2.59. The lowest BCUT2D eigenvalue weighted by Crippen LogP contribution is -2.53. The van der Waals surface area contributed by atoms with Crippen LogP contribution >= 0.6 is 0 Å². The number of ether oxygens (including phenoxy) is 1. The lowest BCUT2D eigenvalue weighted by molar-refractivity contribution is -0.147. The van der Waals surface area contributed by atoms with E-state index < -0.39 is 0 Å². The van der Waals surface area contributed by atoms with E-state index in [-0.39, 0.29) is 11.4 Å². The first-order valence-electron chi connectivity index (χ1n) is 10.2. The van der Waals surface area contributed by atoms with Crippen LogP contribution in [-0.2, 0) is 14.3 Å². The first-order chi connectivity index (χ1) is 11.8. The second-order valence-corrected chi connectivity index (χ2v) is 9.70. The van der Waals surface area contributed by atoms with Crippen molar-refractivity contribution in [2.24, 2.45) is 34.5 Å². The lowest BCUT2D eigenvalue weighted by atomic mass is 9.45. The Morgan fingerprint density at radius 2 is 2.00 bits per heavy atom. The number of fused-ring (bicyclic) bond motifs is 5. The minimum Gasteiger partial charge on any atom is -0.466 e. The van der Waals surface area contributed by atoms with Gasteiger partial charge in [-0.2, -0.15) is 0 Å². The molecule has 3 heteroatoms. The van der Waals surface area contributed by atoms with E-state index in [4.69, 9.17) is 4.74 Å². The third kappa shape index (κ3) is 2.69. The number of carbonyl (C=O) groups excluding carboxylic acids is 2. The topological polar surface area (TPSA) is 43.4 Å². The van der Waals surface area contributed by atoms with E-state index in [1.807, 2.05) is 6.08 Å². The molecule has 0 N–H and O–H groups in total. The van der Waals surface area contributed by atoms with Crippen molar-refractivity contribution in [2.75, 3.05) is 6.61 Å². The zero-order valence-corrected chi connectivity index (χ0v) is 16.0. The zero-order valence-electron chi connectivity index (χ0n) is 16.0. The van der Waals surface area contributed by atoms with Gasteiger partial charge in [0.2, 0.25) is 0 Å². The molecule has 138 valence electrons. The minimum atomic E-state index is -0.177. The minimum absolute atomic E-state index is 0.177. The fourth-order valence-corrected chi connectivity index (χ4v) is 7.09. The van der Waals surface area contributed by atoms with Crippen LogP contribution in [0.3, 0.4) is 0 Å². The summed E-state index contributed by atoms with van der Waals surface area (Å²) in [6.45, 7) is 6.96. The Morgan fingerprint density at radius 3 is 2.76 bits per heavy atom.